The number of nitrogens with one attached hydrogen (secondary N) is 1. The summed E-state index contributed by atoms with van der Waals surface area (Å²) in [7, 11) is 1.55. The number of aromatic nitrogens is 1. The first kappa shape index (κ1) is 21.8. The van der Waals surface area contributed by atoms with Crippen molar-refractivity contribution in [3.8, 4) is 5.75 Å². The molecular formula is C24H28N4O4. The fourth-order valence-corrected chi connectivity index (χ4v) is 4.48. The maximum absolute atomic E-state index is 13.4. The molecular weight excluding hydrogens is 408 g/mol. The predicted octanol–water partition coefficient (Wildman–Crippen LogP) is 2.00. The second kappa shape index (κ2) is 9.80. The summed E-state index contributed by atoms with van der Waals surface area (Å²) in [6, 6.07) is 11.4. The molecule has 1 N–H and O–H groups in total. The maximum Gasteiger partial charge on any atom is 0.254 e. The number of nitrogens with zero attached hydrogens (tertiary/aromatic N) is 3. The molecule has 8 nitrogen and oxygen atoms in total. The van der Waals surface area contributed by atoms with Gasteiger partial charge in [-0.25, -0.2) is 0 Å². The van der Waals surface area contributed by atoms with Gasteiger partial charge in [0.2, 0.25) is 11.8 Å². The zero-order valence-corrected chi connectivity index (χ0v) is 18.2. The summed E-state index contributed by atoms with van der Waals surface area (Å²) in [5, 5.41) is 2.90. The molecule has 168 valence electrons. The average molecular weight is 437 g/mol. The number of hydrogen-bond donors (Lipinski definition) is 1. The van der Waals surface area contributed by atoms with E-state index in [1.807, 2.05) is 18.2 Å². The summed E-state index contributed by atoms with van der Waals surface area (Å²) < 4.78 is 5.22. The highest BCUT2D eigenvalue weighted by Crippen LogP contribution is 2.27. The molecule has 8 heteroatoms. The second-order valence-corrected chi connectivity index (χ2v) is 8.12. The smallest absolute Gasteiger partial charge is 0.254 e. The number of methoxy groups -OCH3 is 1. The van der Waals surface area contributed by atoms with E-state index in [0.29, 0.717) is 43.8 Å². The Hall–Kier alpha value is -3.42. The molecule has 0 unspecified atom stereocenters. The van der Waals surface area contributed by atoms with Crippen molar-refractivity contribution >= 4 is 17.7 Å². The van der Waals surface area contributed by atoms with E-state index in [4.69, 9.17) is 4.74 Å². The molecule has 2 saturated heterocycles. The lowest BCUT2D eigenvalue weighted by Crippen LogP contribution is -2.52. The van der Waals surface area contributed by atoms with Gasteiger partial charge in [-0.3, -0.25) is 19.4 Å². The van der Waals surface area contributed by atoms with Gasteiger partial charge in [-0.2, -0.15) is 0 Å². The zero-order valence-electron chi connectivity index (χ0n) is 18.2. The van der Waals surface area contributed by atoms with Crippen LogP contribution in [0.1, 0.15) is 41.7 Å². The van der Waals surface area contributed by atoms with Gasteiger partial charge in [0.1, 0.15) is 17.8 Å². The van der Waals surface area contributed by atoms with Crippen molar-refractivity contribution in [1.82, 2.24) is 20.1 Å². The molecule has 0 bridgehead atoms. The van der Waals surface area contributed by atoms with Crippen LogP contribution in [0.2, 0.25) is 0 Å². The number of carbonyl (C=O) groups is 3. The van der Waals surface area contributed by atoms with E-state index in [1.54, 1.807) is 47.4 Å². The summed E-state index contributed by atoms with van der Waals surface area (Å²) in [5.41, 5.74) is 1.26. The first-order chi connectivity index (χ1) is 15.6. The lowest BCUT2D eigenvalue weighted by atomic mass is 10.1. The Morgan fingerprint density at radius 1 is 1.03 bits per heavy atom. The normalized spacial score (nSPS) is 20.3. The van der Waals surface area contributed by atoms with Crippen LogP contribution in [0.5, 0.6) is 5.75 Å². The number of hydrogen-bond acceptors (Lipinski definition) is 5. The van der Waals surface area contributed by atoms with Crippen molar-refractivity contribution in [2.75, 3.05) is 20.2 Å². The molecule has 0 radical (unpaired) electrons. The van der Waals surface area contributed by atoms with Crippen LogP contribution in [0.25, 0.3) is 0 Å². The Balaban J connectivity index is 1.43. The highest BCUT2D eigenvalue weighted by atomic mass is 16.5. The highest BCUT2D eigenvalue weighted by molar-refractivity contribution is 5.99. The molecule has 0 aliphatic carbocycles. The Morgan fingerprint density at radius 3 is 2.56 bits per heavy atom. The standard InChI is InChI=1S/C24H28N4O4/c1-32-19-9-4-7-17(15-19)23(30)28-14-6-11-21(28)24(31)27-13-5-10-20(27)22(29)26-16-18-8-2-3-12-25-18/h2-4,7-9,12,15,20-21H,5-6,10-11,13-14,16H2,1H3,(H,26,29)/t20-,21-/m0/s1. The third-order valence-electron chi connectivity index (χ3n) is 6.12. The molecule has 0 spiro atoms. The zero-order chi connectivity index (χ0) is 22.5. The van der Waals surface area contributed by atoms with E-state index in [2.05, 4.69) is 10.3 Å². The monoisotopic (exact) mass is 436 g/mol. The van der Waals surface area contributed by atoms with Crippen molar-refractivity contribution in [2.24, 2.45) is 0 Å². The Kier molecular flexibility index (Phi) is 6.68. The quantitative estimate of drug-likeness (QED) is 0.748. The first-order valence-corrected chi connectivity index (χ1v) is 11.0. The third kappa shape index (κ3) is 4.59. The van der Waals surface area contributed by atoms with E-state index in [-0.39, 0.29) is 17.7 Å². The minimum atomic E-state index is -0.544. The van der Waals surface area contributed by atoms with Gasteiger partial charge in [0.05, 0.1) is 19.3 Å². The van der Waals surface area contributed by atoms with Gasteiger partial charge in [-0.1, -0.05) is 12.1 Å². The number of carbonyl (C=O) groups excluding carboxylic acids is 3. The van der Waals surface area contributed by atoms with Crippen LogP contribution in [0, 0.1) is 0 Å². The summed E-state index contributed by atoms with van der Waals surface area (Å²) >= 11 is 0. The van der Waals surface area contributed by atoms with Gasteiger partial charge in [0.15, 0.2) is 0 Å². The average Bonchev–Trinajstić information content (AvgIpc) is 3.52. The molecule has 2 aliphatic heterocycles. The topological polar surface area (TPSA) is 91.8 Å². The predicted molar refractivity (Wildman–Crippen MR) is 118 cm³/mol. The molecule has 0 saturated carbocycles. The molecule has 1 aromatic heterocycles. The van der Waals surface area contributed by atoms with Crippen LogP contribution in [-0.2, 0) is 16.1 Å². The molecule has 1 aromatic carbocycles. The summed E-state index contributed by atoms with van der Waals surface area (Å²) in [5.74, 6) is 0.0941. The van der Waals surface area contributed by atoms with Crippen LogP contribution in [0.3, 0.4) is 0 Å². The van der Waals surface area contributed by atoms with Crippen molar-refractivity contribution in [2.45, 2.75) is 44.3 Å². The number of likely N-dealkylation sites (tertiary alicyclic amines) is 2. The summed E-state index contributed by atoms with van der Waals surface area (Å²) in [6.07, 6.45) is 4.44. The largest absolute Gasteiger partial charge is 0.497 e. The fourth-order valence-electron chi connectivity index (χ4n) is 4.48. The summed E-state index contributed by atoms with van der Waals surface area (Å²) in [4.78, 5) is 46.9. The van der Waals surface area contributed by atoms with E-state index in [1.165, 1.54) is 0 Å². The van der Waals surface area contributed by atoms with Gasteiger partial charge in [0, 0.05) is 24.8 Å². The number of amides is 3. The Bertz CT molecular complexity index is 981. The van der Waals surface area contributed by atoms with E-state index in [9.17, 15) is 14.4 Å². The number of pyridine rings is 1. The minimum Gasteiger partial charge on any atom is -0.497 e. The number of ether oxygens (including phenoxy) is 1. The van der Waals surface area contributed by atoms with Crippen LogP contribution in [0.15, 0.2) is 48.7 Å². The Labute approximate surface area is 187 Å². The number of rotatable bonds is 6. The highest BCUT2D eigenvalue weighted by Gasteiger charge is 2.42. The van der Waals surface area contributed by atoms with Gasteiger partial charge in [-0.15, -0.1) is 0 Å². The molecule has 32 heavy (non-hydrogen) atoms. The molecule has 4 rings (SSSR count). The van der Waals surface area contributed by atoms with Gasteiger partial charge >= 0.3 is 0 Å². The molecule has 3 amide bonds. The van der Waals surface area contributed by atoms with E-state index in [0.717, 1.165) is 18.5 Å². The number of benzene rings is 1. The van der Waals surface area contributed by atoms with Gasteiger partial charge in [0.25, 0.3) is 5.91 Å². The van der Waals surface area contributed by atoms with Gasteiger partial charge in [-0.05, 0) is 56.0 Å². The third-order valence-corrected chi connectivity index (χ3v) is 6.12. The lowest BCUT2D eigenvalue weighted by Gasteiger charge is -2.31. The van der Waals surface area contributed by atoms with Crippen LogP contribution < -0.4 is 10.1 Å². The Morgan fingerprint density at radius 2 is 1.81 bits per heavy atom. The van der Waals surface area contributed by atoms with Crippen LogP contribution >= 0.6 is 0 Å². The van der Waals surface area contributed by atoms with Crippen molar-refractivity contribution < 1.29 is 19.1 Å². The lowest BCUT2D eigenvalue weighted by molar-refractivity contribution is -0.141. The molecule has 2 aromatic rings. The van der Waals surface area contributed by atoms with Crippen LogP contribution in [0.4, 0.5) is 0 Å². The first-order valence-electron chi connectivity index (χ1n) is 11.0. The second-order valence-electron chi connectivity index (χ2n) is 8.12. The summed E-state index contributed by atoms with van der Waals surface area (Å²) in [6.45, 7) is 1.37. The maximum atomic E-state index is 13.4. The van der Waals surface area contributed by atoms with Gasteiger partial charge < -0.3 is 19.9 Å². The van der Waals surface area contributed by atoms with Crippen molar-refractivity contribution in [3.63, 3.8) is 0 Å². The minimum absolute atomic E-state index is 0.144. The molecule has 2 atom stereocenters. The fraction of sp³-hybridized carbons (Fsp3) is 0.417. The van der Waals surface area contributed by atoms with Crippen molar-refractivity contribution in [3.05, 3.63) is 59.9 Å². The van der Waals surface area contributed by atoms with E-state index >= 15 is 0 Å². The SMILES string of the molecule is COc1cccc(C(=O)N2CCC[C@H]2C(=O)N2CCC[C@H]2C(=O)NCc2ccccn2)c1. The van der Waals surface area contributed by atoms with Crippen molar-refractivity contribution in [1.29, 1.82) is 0 Å². The molecule has 2 fully saturated rings. The van der Waals surface area contributed by atoms with E-state index < -0.39 is 12.1 Å². The molecule has 3 heterocycles. The van der Waals surface area contributed by atoms with Crippen LogP contribution in [-0.4, -0.2) is 64.8 Å². The molecule has 2 aliphatic rings.